The molecule has 0 saturated heterocycles. The topological polar surface area (TPSA) is 382 Å². The first-order chi connectivity index (χ1) is 69.1. The van der Waals surface area contributed by atoms with Crippen LogP contribution in [0.5, 0.6) is 34.5 Å². The number of fused-ring (bicyclic) bond motifs is 12. The van der Waals surface area contributed by atoms with Gasteiger partial charge in [0.15, 0.2) is 0 Å². The van der Waals surface area contributed by atoms with E-state index < -0.39 is 129 Å². The highest BCUT2D eigenvalue weighted by Gasteiger charge is 2.32. The lowest BCUT2D eigenvalue weighted by molar-refractivity contribution is 0.292. The molecule has 1 aliphatic carbocycles. The summed E-state index contributed by atoms with van der Waals surface area (Å²) < 4.78 is 285. The molecule has 1 aliphatic rings. The molecule has 6 aromatic rings. The number of ether oxygens (including phenoxy) is 6. The zero-order valence-corrected chi connectivity index (χ0v) is 93.2. The summed E-state index contributed by atoms with van der Waals surface area (Å²) in [5, 5.41) is 0. The smallest absolute Gasteiger partial charge is 0.294 e. The standard InChI is InChI=1S/C114H180O24S6/c1-7-13-19-25-31-37-43-49-55-61-67-133-109-91-73-93-81-104(140(118,119)120)83-95(110(93)134-68-62-56-50-44-38-32-26-20-14-8-2)75-97-85-106(142(124,125)126)87-99(112(97)136-70-64-58-52-46-40-34-28-22-16-10-4)77-101-89-108(144(130,131)132)90-102(114(101)138-72-66-60-54-48-42-36-30-24-18-12-6)78-100-88-107(143(127,128)129)86-98(113(100)137-71-65-59-53-47-41-35-29-23-17-11-5)76-96-84-105(141(121,122)123)82-94(74-92(109)80-103(79-91)139(115,116)117)111(96)135-69-63-57-51-45-39-33-27-21-15-9-3/h79-90H,7-78H2,1-6H3,(H,115,116,117)(H,118,119,120)(H,121,122,123)(H,124,125,126)(H,127,128,129)(H,130,131,132). The van der Waals surface area contributed by atoms with Gasteiger partial charge in [-0.2, -0.15) is 50.5 Å². The van der Waals surface area contributed by atoms with Gasteiger partial charge in [0.2, 0.25) is 0 Å². The minimum Gasteiger partial charge on any atom is -0.493 e. The van der Waals surface area contributed by atoms with Crippen molar-refractivity contribution in [1.82, 2.24) is 0 Å². The van der Waals surface area contributed by atoms with E-state index in [-0.39, 0.29) is 141 Å². The van der Waals surface area contributed by atoms with Crippen molar-refractivity contribution in [3.8, 4) is 34.5 Å². The number of hydrogen-bond acceptors (Lipinski definition) is 18. The van der Waals surface area contributed by atoms with Gasteiger partial charge in [-0.15, -0.1) is 0 Å². The normalized spacial score (nSPS) is 12.9. The lowest BCUT2D eigenvalue weighted by atomic mass is 9.91. The first-order valence-electron chi connectivity index (χ1n) is 55.7. The summed E-state index contributed by atoms with van der Waals surface area (Å²) in [5.41, 5.74) is 0.117. The molecule has 0 aromatic heterocycles. The lowest BCUT2D eigenvalue weighted by Crippen LogP contribution is -2.14. The number of hydrogen-bond donors (Lipinski definition) is 6. The van der Waals surface area contributed by atoms with Crippen LogP contribution in [0.2, 0.25) is 0 Å². The maximum absolute atomic E-state index is 14.4. The summed E-state index contributed by atoms with van der Waals surface area (Å²) in [7, 11) is -31.7. The third kappa shape index (κ3) is 47.4. The second-order valence-corrected chi connectivity index (χ2v) is 49.0. The zero-order valence-electron chi connectivity index (χ0n) is 88.3. The van der Waals surface area contributed by atoms with Crippen molar-refractivity contribution >= 4 is 60.7 Å². The van der Waals surface area contributed by atoms with Crippen molar-refractivity contribution in [3.05, 3.63) is 140 Å². The number of unbranched alkanes of at least 4 members (excludes halogenated alkanes) is 54. The maximum Gasteiger partial charge on any atom is 0.294 e. The summed E-state index contributed by atoms with van der Waals surface area (Å²) in [6.07, 6.45) is 54.4. The van der Waals surface area contributed by atoms with Gasteiger partial charge >= 0.3 is 0 Å². The van der Waals surface area contributed by atoms with Crippen LogP contribution in [0, 0.1) is 0 Å². The molecule has 0 aliphatic heterocycles. The van der Waals surface area contributed by atoms with E-state index in [2.05, 4.69) is 41.5 Å². The molecule has 816 valence electrons. The van der Waals surface area contributed by atoms with Crippen molar-refractivity contribution in [2.24, 2.45) is 0 Å². The third-order valence-corrected chi connectivity index (χ3v) is 32.8. The highest BCUT2D eigenvalue weighted by Crippen LogP contribution is 2.46. The van der Waals surface area contributed by atoms with Gasteiger partial charge in [-0.1, -0.05) is 388 Å². The summed E-state index contributed by atoms with van der Waals surface area (Å²) in [5.74, 6) is 0.00115. The van der Waals surface area contributed by atoms with E-state index in [1.54, 1.807) is 0 Å². The Bertz CT molecular complexity index is 4460. The fourth-order valence-electron chi connectivity index (χ4n) is 19.7. The molecule has 0 spiro atoms. The summed E-state index contributed by atoms with van der Waals surface area (Å²) >= 11 is 0. The van der Waals surface area contributed by atoms with Gasteiger partial charge in [0.05, 0.1) is 69.0 Å². The highest BCUT2D eigenvalue weighted by atomic mass is 32.2. The molecule has 0 fully saturated rings. The molecule has 0 radical (unpaired) electrons. The van der Waals surface area contributed by atoms with Gasteiger partial charge in [-0.05, 0) is 111 Å². The van der Waals surface area contributed by atoms with E-state index in [9.17, 15) is 77.8 Å². The monoisotopic (exact) mass is 2130 g/mol. The molecule has 12 bridgehead atoms. The first-order valence-corrected chi connectivity index (χ1v) is 64.3. The molecule has 0 amide bonds. The predicted molar refractivity (Wildman–Crippen MR) is 578 cm³/mol. The van der Waals surface area contributed by atoms with E-state index in [1.165, 1.54) is 72.8 Å². The first kappa shape index (κ1) is 124. The Balaban J connectivity index is 1.66. The molecule has 0 atom stereocenters. The van der Waals surface area contributed by atoms with Crippen LogP contribution in [0.1, 0.15) is 494 Å². The van der Waals surface area contributed by atoms with Crippen LogP contribution >= 0.6 is 0 Å². The van der Waals surface area contributed by atoms with E-state index >= 15 is 0 Å². The van der Waals surface area contributed by atoms with Gasteiger partial charge < -0.3 is 28.4 Å². The van der Waals surface area contributed by atoms with Gasteiger partial charge in [-0.3, -0.25) is 27.3 Å². The molecule has 7 rings (SSSR count). The summed E-state index contributed by atoms with van der Waals surface area (Å²) in [6, 6.07) is 14.2. The van der Waals surface area contributed by atoms with E-state index in [1.807, 2.05) is 0 Å². The molecule has 6 N–H and O–H groups in total. The summed E-state index contributed by atoms with van der Waals surface area (Å²) in [6.45, 7) is 13.0. The highest BCUT2D eigenvalue weighted by molar-refractivity contribution is 7.87. The van der Waals surface area contributed by atoms with E-state index in [4.69, 9.17) is 28.4 Å². The van der Waals surface area contributed by atoms with E-state index in [0.29, 0.717) is 77.0 Å². The Kier molecular flexibility index (Phi) is 59.1. The predicted octanol–water partition coefficient (Wildman–Crippen LogP) is 30.8. The number of benzene rings is 6. The molecular weight excluding hydrogens is 1950 g/mol. The van der Waals surface area contributed by atoms with E-state index in [0.717, 1.165) is 308 Å². The molecule has 30 heteroatoms. The SMILES string of the molecule is CCCCCCCCCCCCOc1c2cc(S(=O)(=O)O)cc1Cc1cc(S(=O)(=O)O)cc(c1OCCCCCCCCCCCC)Cc1cc(S(=O)(=O)O)cc(c1OCCCCCCCCCCCC)Cc1cc(S(=O)(=O)O)cc(c1OCCCCCCCCCCCC)Cc1cc(S(=O)(=O)O)cc(c1OCCCCCCCCCCCC)Cc1cc(S(=O)(=O)O)cc(c1OCCCCCCCCCCCC)C2. The second-order valence-electron chi connectivity index (χ2n) is 40.5. The van der Waals surface area contributed by atoms with Crippen LogP contribution in [0.4, 0.5) is 0 Å². The average molecular weight is 2130 g/mol. The average Bonchev–Trinajstić information content (AvgIpc) is 0.761. The van der Waals surface area contributed by atoms with Crippen molar-refractivity contribution in [2.75, 3.05) is 39.6 Å². The van der Waals surface area contributed by atoms with Gasteiger partial charge in [0.1, 0.15) is 34.5 Å². The van der Waals surface area contributed by atoms with Crippen molar-refractivity contribution in [1.29, 1.82) is 0 Å². The Morgan fingerprint density at radius 2 is 0.236 bits per heavy atom. The van der Waals surface area contributed by atoms with Crippen LogP contribution in [0.3, 0.4) is 0 Å². The second kappa shape index (κ2) is 68.4. The van der Waals surface area contributed by atoms with Gasteiger partial charge in [0, 0.05) is 105 Å². The van der Waals surface area contributed by atoms with Crippen LogP contribution in [-0.4, -0.2) is 117 Å². The Morgan fingerprint density at radius 1 is 0.153 bits per heavy atom. The van der Waals surface area contributed by atoms with Crippen molar-refractivity contribution in [3.63, 3.8) is 0 Å². The molecule has 6 aromatic carbocycles. The number of rotatable bonds is 78. The quantitative estimate of drug-likeness (QED) is 0.0152. The Labute approximate surface area is 869 Å². The van der Waals surface area contributed by atoms with Crippen LogP contribution < -0.4 is 28.4 Å². The largest absolute Gasteiger partial charge is 0.493 e. The minimum absolute atomic E-state index is 0.000192. The summed E-state index contributed by atoms with van der Waals surface area (Å²) in [4.78, 5) is -4.10. The van der Waals surface area contributed by atoms with Crippen LogP contribution in [0.15, 0.2) is 102 Å². The molecule has 144 heavy (non-hydrogen) atoms. The molecular formula is C114H180O24S6. The fourth-order valence-corrected chi connectivity index (χ4v) is 23.2. The van der Waals surface area contributed by atoms with Crippen molar-refractivity contribution < 1.29 is 106 Å². The van der Waals surface area contributed by atoms with Gasteiger partial charge in [-0.25, -0.2) is 0 Å². The van der Waals surface area contributed by atoms with Gasteiger partial charge in [0.25, 0.3) is 60.7 Å². The molecule has 0 saturated carbocycles. The third-order valence-electron chi connectivity index (χ3n) is 27.8. The van der Waals surface area contributed by atoms with Crippen LogP contribution in [0.25, 0.3) is 0 Å². The molecule has 0 unspecified atom stereocenters. The Hall–Kier alpha value is -6.42. The maximum atomic E-state index is 14.4. The Morgan fingerprint density at radius 3 is 0.319 bits per heavy atom. The van der Waals surface area contributed by atoms with Crippen molar-refractivity contribution in [2.45, 2.75) is 495 Å². The van der Waals surface area contributed by atoms with Crippen LogP contribution in [-0.2, 0) is 99.2 Å². The minimum atomic E-state index is -5.29. The molecule has 0 heterocycles. The molecule has 24 nitrogen and oxygen atoms in total. The lowest BCUT2D eigenvalue weighted by Gasteiger charge is -2.24. The fraction of sp³-hybridized carbons (Fsp3) is 0.684. The zero-order chi connectivity index (χ0) is 104.